The molecule has 0 spiro atoms. The molecule has 0 saturated heterocycles. The first kappa shape index (κ1) is 24.4. The molecule has 5 aromatic rings. The van der Waals surface area contributed by atoms with E-state index in [1.54, 1.807) is 43.3 Å². The molecular formula is C27H17Cl2NO7. The van der Waals surface area contributed by atoms with Crippen LogP contribution in [-0.2, 0) is 4.79 Å². The number of hydrogen-bond acceptors (Lipinski definition) is 7. The molecule has 1 amide bonds. The molecule has 0 saturated carbocycles. The van der Waals surface area contributed by atoms with Crippen molar-refractivity contribution in [3.05, 3.63) is 103 Å². The van der Waals surface area contributed by atoms with Crippen LogP contribution < -0.4 is 25.8 Å². The average molecular weight is 538 g/mol. The Morgan fingerprint density at radius 3 is 2.38 bits per heavy atom. The molecule has 0 atom stereocenters. The van der Waals surface area contributed by atoms with E-state index in [2.05, 4.69) is 5.32 Å². The van der Waals surface area contributed by atoms with Gasteiger partial charge in [-0.3, -0.25) is 9.59 Å². The van der Waals surface area contributed by atoms with Crippen LogP contribution in [0.15, 0.2) is 85.4 Å². The monoisotopic (exact) mass is 537 g/mol. The highest BCUT2D eigenvalue weighted by molar-refractivity contribution is 6.35. The van der Waals surface area contributed by atoms with E-state index in [0.29, 0.717) is 32.8 Å². The third-order valence-electron chi connectivity index (χ3n) is 5.38. The van der Waals surface area contributed by atoms with E-state index >= 15 is 0 Å². The van der Waals surface area contributed by atoms with E-state index in [1.165, 1.54) is 30.5 Å². The highest BCUT2D eigenvalue weighted by atomic mass is 35.5. The molecule has 10 heteroatoms. The lowest BCUT2D eigenvalue weighted by Crippen LogP contribution is -2.20. The van der Waals surface area contributed by atoms with Crippen LogP contribution >= 0.6 is 23.2 Å². The number of nitrogens with one attached hydrogen (secondary N) is 1. The number of rotatable bonds is 6. The van der Waals surface area contributed by atoms with E-state index < -0.39 is 17.0 Å². The van der Waals surface area contributed by atoms with Crippen LogP contribution in [-0.4, -0.2) is 12.5 Å². The molecule has 186 valence electrons. The van der Waals surface area contributed by atoms with Gasteiger partial charge in [0.1, 0.15) is 28.9 Å². The van der Waals surface area contributed by atoms with Gasteiger partial charge in [-0.15, -0.1) is 0 Å². The van der Waals surface area contributed by atoms with Gasteiger partial charge in [0.15, 0.2) is 6.61 Å². The summed E-state index contributed by atoms with van der Waals surface area (Å²) in [5.41, 5.74) is 0.916. The van der Waals surface area contributed by atoms with Crippen molar-refractivity contribution in [3.8, 4) is 17.2 Å². The Labute approximate surface area is 218 Å². The number of amides is 1. The van der Waals surface area contributed by atoms with Gasteiger partial charge in [-0.25, -0.2) is 4.79 Å². The molecule has 0 aliphatic carbocycles. The Kier molecular flexibility index (Phi) is 6.60. The van der Waals surface area contributed by atoms with Crippen LogP contribution in [0.5, 0.6) is 17.2 Å². The van der Waals surface area contributed by atoms with Gasteiger partial charge in [-0.05, 0) is 55.0 Å². The van der Waals surface area contributed by atoms with Crippen molar-refractivity contribution in [3.63, 3.8) is 0 Å². The van der Waals surface area contributed by atoms with Crippen LogP contribution in [0.3, 0.4) is 0 Å². The maximum atomic E-state index is 13.0. The molecule has 0 unspecified atom stereocenters. The number of aryl methyl sites for hydroxylation is 1. The van der Waals surface area contributed by atoms with E-state index in [0.717, 1.165) is 10.9 Å². The Hall–Kier alpha value is -4.27. The van der Waals surface area contributed by atoms with Crippen LogP contribution in [0.4, 0.5) is 5.69 Å². The molecule has 0 fully saturated rings. The number of halogens is 2. The fourth-order valence-electron chi connectivity index (χ4n) is 3.72. The zero-order valence-electron chi connectivity index (χ0n) is 19.2. The Morgan fingerprint density at radius 1 is 0.892 bits per heavy atom. The van der Waals surface area contributed by atoms with Gasteiger partial charge in [-0.2, -0.15) is 0 Å². The van der Waals surface area contributed by atoms with E-state index in [9.17, 15) is 14.4 Å². The summed E-state index contributed by atoms with van der Waals surface area (Å²) in [5.74, 6) is 0.156. The minimum atomic E-state index is -0.475. The van der Waals surface area contributed by atoms with E-state index in [1.807, 2.05) is 0 Å². The second-order valence-electron chi connectivity index (χ2n) is 8.09. The lowest BCUT2D eigenvalue weighted by Gasteiger charge is -2.09. The Balaban J connectivity index is 1.31. The predicted molar refractivity (Wildman–Crippen MR) is 140 cm³/mol. The number of benzene rings is 3. The summed E-state index contributed by atoms with van der Waals surface area (Å²) < 4.78 is 22.1. The molecule has 0 aliphatic rings. The summed E-state index contributed by atoms with van der Waals surface area (Å²) in [6, 6.07) is 15.6. The van der Waals surface area contributed by atoms with Gasteiger partial charge < -0.3 is 23.6 Å². The third kappa shape index (κ3) is 5.45. The molecule has 0 radical (unpaired) electrons. The number of carbonyl (C=O) groups excluding carboxylic acids is 1. The van der Waals surface area contributed by atoms with Gasteiger partial charge in [0.05, 0.1) is 5.39 Å². The highest BCUT2D eigenvalue weighted by Crippen LogP contribution is 2.27. The first-order valence-electron chi connectivity index (χ1n) is 10.9. The highest BCUT2D eigenvalue weighted by Gasteiger charge is 2.13. The van der Waals surface area contributed by atoms with Crippen molar-refractivity contribution in [1.29, 1.82) is 0 Å². The van der Waals surface area contributed by atoms with Crippen LogP contribution in [0.25, 0.3) is 21.9 Å². The van der Waals surface area contributed by atoms with Crippen molar-refractivity contribution >= 4 is 56.7 Å². The zero-order chi connectivity index (χ0) is 26.1. The number of fused-ring (bicyclic) bond motifs is 2. The number of hydrogen-bond donors (Lipinski definition) is 1. The standard InChI is InChI=1S/C27H17Cl2NO7/c1-14-6-26(32)37-23-11-19(3-4-20(14)23)36-24-12-35-22-10-18(2-5-21(22)27(24)33)34-13-25(31)30-17-8-15(28)7-16(29)9-17/h2-12H,13H2,1H3,(H,30,31). The van der Waals surface area contributed by atoms with Crippen molar-refractivity contribution < 1.29 is 23.1 Å². The minimum Gasteiger partial charge on any atom is -0.484 e. The topological polar surface area (TPSA) is 108 Å². The molecule has 37 heavy (non-hydrogen) atoms. The summed E-state index contributed by atoms with van der Waals surface area (Å²) in [6.45, 7) is 1.51. The van der Waals surface area contributed by atoms with Gasteiger partial charge in [0, 0.05) is 39.3 Å². The fourth-order valence-corrected chi connectivity index (χ4v) is 4.24. The number of carbonyl (C=O) groups is 1. The zero-order valence-corrected chi connectivity index (χ0v) is 20.7. The maximum absolute atomic E-state index is 13.0. The Bertz CT molecular complexity index is 1770. The molecule has 0 aliphatic heterocycles. The van der Waals surface area contributed by atoms with Gasteiger partial charge >= 0.3 is 5.63 Å². The lowest BCUT2D eigenvalue weighted by molar-refractivity contribution is -0.118. The first-order chi connectivity index (χ1) is 17.7. The lowest BCUT2D eigenvalue weighted by atomic mass is 10.1. The number of anilines is 1. The molecule has 2 heterocycles. The molecule has 1 N–H and O–H groups in total. The largest absolute Gasteiger partial charge is 0.484 e. The molecule has 3 aromatic carbocycles. The normalized spacial score (nSPS) is 11.0. The summed E-state index contributed by atoms with van der Waals surface area (Å²) >= 11 is 11.9. The summed E-state index contributed by atoms with van der Waals surface area (Å²) in [6.07, 6.45) is 1.18. The molecule has 5 rings (SSSR count). The van der Waals surface area contributed by atoms with Crippen LogP contribution in [0.1, 0.15) is 5.56 Å². The van der Waals surface area contributed by atoms with Gasteiger partial charge in [0.2, 0.25) is 11.2 Å². The molecule has 0 bridgehead atoms. The molecule has 8 nitrogen and oxygen atoms in total. The third-order valence-corrected chi connectivity index (χ3v) is 5.82. The van der Waals surface area contributed by atoms with E-state index in [4.69, 9.17) is 41.5 Å². The van der Waals surface area contributed by atoms with Gasteiger partial charge in [-0.1, -0.05) is 23.2 Å². The van der Waals surface area contributed by atoms with Crippen molar-refractivity contribution in [2.24, 2.45) is 0 Å². The fraction of sp³-hybridized carbons (Fsp3) is 0.0741. The quantitative estimate of drug-likeness (QED) is 0.252. The van der Waals surface area contributed by atoms with Crippen molar-refractivity contribution in [2.45, 2.75) is 6.92 Å². The smallest absolute Gasteiger partial charge is 0.336 e. The van der Waals surface area contributed by atoms with Crippen molar-refractivity contribution in [2.75, 3.05) is 11.9 Å². The molecule has 2 aromatic heterocycles. The summed E-state index contributed by atoms with van der Waals surface area (Å²) in [7, 11) is 0. The average Bonchev–Trinajstić information content (AvgIpc) is 2.83. The second kappa shape index (κ2) is 10.0. The van der Waals surface area contributed by atoms with Crippen molar-refractivity contribution in [1.82, 2.24) is 0 Å². The van der Waals surface area contributed by atoms with E-state index in [-0.39, 0.29) is 23.3 Å². The Morgan fingerprint density at radius 2 is 1.59 bits per heavy atom. The second-order valence-corrected chi connectivity index (χ2v) is 8.96. The van der Waals surface area contributed by atoms with Crippen LogP contribution in [0.2, 0.25) is 10.0 Å². The maximum Gasteiger partial charge on any atom is 0.336 e. The van der Waals surface area contributed by atoms with Crippen LogP contribution in [0, 0.1) is 6.92 Å². The minimum absolute atomic E-state index is 0.0462. The summed E-state index contributed by atoms with van der Waals surface area (Å²) in [5, 5.41) is 4.43. The van der Waals surface area contributed by atoms with Gasteiger partial charge in [0.25, 0.3) is 5.91 Å². The molecular weight excluding hydrogens is 521 g/mol. The SMILES string of the molecule is Cc1cc(=O)oc2cc(Oc3coc4cc(OCC(=O)Nc5cc(Cl)cc(Cl)c5)ccc4c3=O)ccc12. The first-order valence-corrected chi connectivity index (χ1v) is 11.7. The number of ether oxygens (including phenoxy) is 2. The predicted octanol–water partition coefficient (Wildman–Crippen LogP) is 6.32. The summed E-state index contributed by atoms with van der Waals surface area (Å²) in [4.78, 5) is 36.9.